The van der Waals surface area contributed by atoms with Crippen molar-refractivity contribution in [2.24, 2.45) is 5.92 Å². The number of ether oxygens (including phenoxy) is 1. The Bertz CT molecular complexity index is 328. The zero-order valence-corrected chi connectivity index (χ0v) is 14.1. The number of nitrogens with one attached hydrogen (secondary N) is 1. The van der Waals surface area contributed by atoms with Crippen molar-refractivity contribution in [3.05, 3.63) is 0 Å². The Morgan fingerprint density at radius 3 is 2.38 bits per heavy atom. The summed E-state index contributed by atoms with van der Waals surface area (Å²) in [5.74, 6) is 0.854. The second-order valence-electron chi connectivity index (χ2n) is 7.71. The third-order valence-corrected chi connectivity index (χ3v) is 6.65. The predicted octanol–water partition coefficient (Wildman–Crippen LogP) is 3.19. The summed E-state index contributed by atoms with van der Waals surface area (Å²) in [6.45, 7) is 10.5. The summed E-state index contributed by atoms with van der Waals surface area (Å²) < 4.78 is 5.56. The van der Waals surface area contributed by atoms with Gasteiger partial charge in [0, 0.05) is 43.9 Å². The molecule has 0 aromatic rings. The highest BCUT2D eigenvalue weighted by Crippen LogP contribution is 2.39. The minimum atomic E-state index is 0.395. The van der Waals surface area contributed by atoms with Crippen LogP contribution in [0.3, 0.4) is 0 Å². The van der Waals surface area contributed by atoms with Gasteiger partial charge in [-0.3, -0.25) is 4.90 Å². The number of piperazine rings is 1. The molecule has 0 aromatic carbocycles. The highest BCUT2D eigenvalue weighted by molar-refractivity contribution is 5.06. The van der Waals surface area contributed by atoms with E-state index >= 15 is 0 Å². The predicted molar refractivity (Wildman–Crippen MR) is 87.6 cm³/mol. The maximum atomic E-state index is 5.56. The minimum absolute atomic E-state index is 0.395. The van der Waals surface area contributed by atoms with E-state index in [1.807, 2.05) is 0 Å². The third kappa shape index (κ3) is 3.16. The van der Waals surface area contributed by atoms with E-state index in [4.69, 9.17) is 4.74 Å². The molecule has 2 aliphatic heterocycles. The van der Waals surface area contributed by atoms with E-state index in [1.54, 1.807) is 0 Å². The fourth-order valence-corrected chi connectivity index (χ4v) is 4.89. The molecule has 1 saturated carbocycles. The van der Waals surface area contributed by atoms with Gasteiger partial charge in [0.2, 0.25) is 0 Å². The fourth-order valence-electron chi connectivity index (χ4n) is 4.89. The highest BCUT2D eigenvalue weighted by atomic mass is 16.5. The summed E-state index contributed by atoms with van der Waals surface area (Å²) in [6, 6.07) is 0. The highest BCUT2D eigenvalue weighted by Gasteiger charge is 2.47. The van der Waals surface area contributed by atoms with E-state index < -0.39 is 0 Å². The summed E-state index contributed by atoms with van der Waals surface area (Å²) in [5.41, 5.74) is 0.838. The van der Waals surface area contributed by atoms with Gasteiger partial charge >= 0.3 is 0 Å². The van der Waals surface area contributed by atoms with Gasteiger partial charge in [0.25, 0.3) is 0 Å². The third-order valence-electron chi connectivity index (χ3n) is 6.65. The molecule has 3 aliphatic rings. The maximum absolute atomic E-state index is 5.56. The molecule has 3 fully saturated rings. The molecule has 0 aromatic heterocycles. The van der Waals surface area contributed by atoms with Crippen LogP contribution in [-0.4, -0.2) is 48.8 Å². The van der Waals surface area contributed by atoms with Crippen molar-refractivity contribution in [3.8, 4) is 0 Å². The Hall–Kier alpha value is -0.120. The zero-order chi connectivity index (χ0) is 14.8. The van der Waals surface area contributed by atoms with Crippen LogP contribution in [0.2, 0.25) is 0 Å². The van der Waals surface area contributed by atoms with E-state index in [0.29, 0.717) is 11.1 Å². The van der Waals surface area contributed by atoms with Crippen LogP contribution >= 0.6 is 0 Å². The molecule has 1 spiro atoms. The Kier molecular flexibility index (Phi) is 4.92. The van der Waals surface area contributed by atoms with Crippen molar-refractivity contribution in [3.63, 3.8) is 0 Å². The van der Waals surface area contributed by atoms with Crippen molar-refractivity contribution >= 4 is 0 Å². The van der Waals surface area contributed by atoms with Crippen LogP contribution < -0.4 is 5.32 Å². The lowest BCUT2D eigenvalue weighted by molar-refractivity contribution is -0.0270. The normalized spacial score (nSPS) is 30.0. The van der Waals surface area contributed by atoms with Gasteiger partial charge in [-0.05, 0) is 44.4 Å². The van der Waals surface area contributed by atoms with Crippen molar-refractivity contribution in [2.45, 2.75) is 76.3 Å². The summed E-state index contributed by atoms with van der Waals surface area (Å²) in [6.07, 6.45) is 10.7. The molecule has 3 heteroatoms. The molecule has 0 unspecified atom stereocenters. The number of hydrogen-bond acceptors (Lipinski definition) is 3. The molecular weight excluding hydrogens is 260 g/mol. The molecule has 3 nitrogen and oxygen atoms in total. The van der Waals surface area contributed by atoms with Gasteiger partial charge in [-0.2, -0.15) is 0 Å². The first-order valence-electron chi connectivity index (χ1n) is 9.30. The van der Waals surface area contributed by atoms with Crippen molar-refractivity contribution in [1.29, 1.82) is 0 Å². The van der Waals surface area contributed by atoms with Crippen LogP contribution in [0.15, 0.2) is 0 Å². The summed E-state index contributed by atoms with van der Waals surface area (Å²) in [5, 5.41) is 3.99. The van der Waals surface area contributed by atoms with E-state index in [0.717, 1.165) is 19.1 Å². The average Bonchev–Trinajstić information content (AvgIpc) is 2.98. The molecule has 21 heavy (non-hydrogen) atoms. The van der Waals surface area contributed by atoms with Gasteiger partial charge < -0.3 is 10.1 Å². The van der Waals surface area contributed by atoms with Crippen LogP contribution in [0.5, 0.6) is 0 Å². The lowest BCUT2D eigenvalue weighted by Crippen LogP contribution is -2.69. The molecule has 1 aliphatic carbocycles. The zero-order valence-electron chi connectivity index (χ0n) is 14.1. The first kappa shape index (κ1) is 15.8. The molecule has 2 heterocycles. The molecule has 0 radical (unpaired) electrons. The lowest BCUT2D eigenvalue weighted by Gasteiger charge is -2.54. The topological polar surface area (TPSA) is 24.5 Å². The van der Waals surface area contributed by atoms with Crippen LogP contribution in [0.1, 0.15) is 65.2 Å². The standard InChI is InChI=1S/C18H34N2O/c1-3-18(4-2)14-19-17(9-5-6-10-17)15-20(18)13-16-7-11-21-12-8-16/h16,19H,3-15H2,1-2H3. The van der Waals surface area contributed by atoms with Gasteiger partial charge in [0.15, 0.2) is 0 Å². The Morgan fingerprint density at radius 1 is 1.10 bits per heavy atom. The van der Waals surface area contributed by atoms with Crippen LogP contribution in [0.25, 0.3) is 0 Å². The van der Waals surface area contributed by atoms with Gasteiger partial charge in [-0.25, -0.2) is 0 Å². The monoisotopic (exact) mass is 294 g/mol. The van der Waals surface area contributed by atoms with Crippen molar-refractivity contribution < 1.29 is 4.74 Å². The fraction of sp³-hybridized carbons (Fsp3) is 1.00. The Morgan fingerprint density at radius 2 is 1.76 bits per heavy atom. The van der Waals surface area contributed by atoms with Crippen LogP contribution in [0, 0.1) is 5.92 Å². The van der Waals surface area contributed by atoms with Crippen LogP contribution in [-0.2, 0) is 4.74 Å². The Labute approximate surface area is 130 Å². The quantitative estimate of drug-likeness (QED) is 0.862. The van der Waals surface area contributed by atoms with E-state index in [1.165, 1.54) is 71.0 Å². The number of rotatable bonds is 4. The first-order valence-corrected chi connectivity index (χ1v) is 9.30. The molecule has 0 bridgehead atoms. The largest absolute Gasteiger partial charge is 0.381 e. The SMILES string of the molecule is CCC1(CC)CNC2(CCCC2)CN1CC1CCOCC1. The van der Waals surface area contributed by atoms with Gasteiger partial charge in [-0.1, -0.05) is 26.7 Å². The summed E-state index contributed by atoms with van der Waals surface area (Å²) >= 11 is 0. The molecule has 1 N–H and O–H groups in total. The lowest BCUT2D eigenvalue weighted by atomic mass is 9.81. The van der Waals surface area contributed by atoms with Gasteiger partial charge in [0.1, 0.15) is 0 Å². The first-order chi connectivity index (χ1) is 10.2. The van der Waals surface area contributed by atoms with E-state index in [2.05, 4.69) is 24.1 Å². The van der Waals surface area contributed by atoms with Crippen LogP contribution in [0.4, 0.5) is 0 Å². The van der Waals surface area contributed by atoms with Gasteiger partial charge in [0.05, 0.1) is 0 Å². The van der Waals surface area contributed by atoms with Gasteiger partial charge in [-0.15, -0.1) is 0 Å². The number of hydrogen-bond donors (Lipinski definition) is 1. The van der Waals surface area contributed by atoms with Crippen molar-refractivity contribution in [1.82, 2.24) is 10.2 Å². The average molecular weight is 294 g/mol. The van der Waals surface area contributed by atoms with E-state index in [-0.39, 0.29) is 0 Å². The maximum Gasteiger partial charge on any atom is 0.0469 e. The Balaban J connectivity index is 1.72. The smallest absolute Gasteiger partial charge is 0.0469 e. The molecule has 3 rings (SSSR count). The molecule has 122 valence electrons. The molecular formula is C18H34N2O. The molecule has 0 atom stereocenters. The second-order valence-corrected chi connectivity index (χ2v) is 7.71. The minimum Gasteiger partial charge on any atom is -0.381 e. The van der Waals surface area contributed by atoms with Crippen molar-refractivity contribution in [2.75, 3.05) is 32.8 Å². The summed E-state index contributed by atoms with van der Waals surface area (Å²) in [4.78, 5) is 2.89. The number of nitrogens with zero attached hydrogens (tertiary/aromatic N) is 1. The van der Waals surface area contributed by atoms with E-state index in [9.17, 15) is 0 Å². The summed E-state index contributed by atoms with van der Waals surface area (Å²) in [7, 11) is 0. The molecule has 2 saturated heterocycles. The second kappa shape index (κ2) is 6.55. The molecule has 0 amide bonds.